The topological polar surface area (TPSA) is 133 Å². The molecule has 13 heteroatoms. The number of carbonyl (C=O) groups is 1. The maximum absolute atomic E-state index is 14.2. The van der Waals surface area contributed by atoms with Gasteiger partial charge in [0.15, 0.2) is 17.2 Å². The van der Waals surface area contributed by atoms with Gasteiger partial charge in [-0.15, -0.1) is 0 Å². The molecule has 36 heavy (non-hydrogen) atoms. The minimum absolute atomic E-state index is 0.0130. The van der Waals surface area contributed by atoms with Crippen molar-refractivity contribution in [2.45, 2.75) is 32.4 Å². The van der Waals surface area contributed by atoms with E-state index < -0.39 is 23.7 Å². The lowest BCUT2D eigenvalue weighted by Gasteiger charge is -2.19. The second-order valence-corrected chi connectivity index (χ2v) is 8.50. The number of anilines is 4. The van der Waals surface area contributed by atoms with Gasteiger partial charge in [-0.3, -0.25) is 4.98 Å². The second-order valence-electron chi connectivity index (χ2n) is 8.50. The Morgan fingerprint density at radius 3 is 2.22 bits per heavy atom. The molecule has 2 aromatic heterocycles. The van der Waals surface area contributed by atoms with Crippen molar-refractivity contribution >= 4 is 40.2 Å². The van der Waals surface area contributed by atoms with Crippen molar-refractivity contribution in [2.24, 2.45) is 0 Å². The molecular weight excluding hydrogens is 486 g/mol. The molecule has 190 valence electrons. The molecule has 0 amide bonds. The first-order valence-corrected chi connectivity index (χ1v) is 10.3. The highest BCUT2D eigenvalue weighted by Crippen LogP contribution is 2.26. The van der Waals surface area contributed by atoms with E-state index in [9.17, 15) is 22.4 Å². The molecule has 2 heterocycles. The smallest absolute Gasteiger partial charge is 0.475 e. The van der Waals surface area contributed by atoms with E-state index in [1.165, 1.54) is 5.56 Å². The lowest BCUT2D eigenvalue weighted by Crippen LogP contribution is -2.21. The van der Waals surface area contributed by atoms with Crippen molar-refractivity contribution in [1.82, 2.24) is 15.0 Å². The molecule has 0 aliphatic rings. The highest BCUT2D eigenvalue weighted by Gasteiger charge is 2.38. The molecule has 0 aliphatic carbocycles. The highest BCUT2D eigenvalue weighted by atomic mass is 19.4. The number of benzene rings is 2. The van der Waals surface area contributed by atoms with Gasteiger partial charge in [-0.1, -0.05) is 32.9 Å². The first kappa shape index (κ1) is 26.2. The van der Waals surface area contributed by atoms with E-state index in [0.717, 1.165) is 11.9 Å². The number of carboxylic acids is 1. The number of nitrogens with one attached hydrogen (secondary N) is 3. The first-order valence-electron chi connectivity index (χ1n) is 10.3. The standard InChI is InChI=1S/C21H20FN5O2.C2HF3O2/c1-21(2,3)12-4-6-13(7-5-12)25-19-23-11-15(22)18(27-19)24-14-8-9-17-16(10-14)26-20(28)29-17;3-2(4,5)1(6)7/h4-11H,1-3H3,(H,26,28)(H2,23,24,25,27);(H,6,7). The van der Waals surface area contributed by atoms with Crippen LogP contribution in [-0.2, 0) is 10.2 Å². The predicted molar refractivity (Wildman–Crippen MR) is 124 cm³/mol. The molecular formula is C23H21F4N5O4. The lowest BCUT2D eigenvalue weighted by molar-refractivity contribution is -0.192. The van der Waals surface area contributed by atoms with Crippen molar-refractivity contribution in [3.05, 3.63) is 70.6 Å². The minimum Gasteiger partial charge on any atom is -0.475 e. The van der Waals surface area contributed by atoms with Gasteiger partial charge in [0.05, 0.1) is 11.7 Å². The van der Waals surface area contributed by atoms with Gasteiger partial charge in [0, 0.05) is 11.4 Å². The van der Waals surface area contributed by atoms with Crippen molar-refractivity contribution in [2.75, 3.05) is 10.6 Å². The van der Waals surface area contributed by atoms with Gasteiger partial charge >= 0.3 is 17.9 Å². The molecule has 0 radical (unpaired) electrons. The van der Waals surface area contributed by atoms with Gasteiger partial charge in [-0.05, 0) is 41.3 Å². The van der Waals surface area contributed by atoms with Crippen LogP contribution in [0.15, 0.2) is 57.9 Å². The van der Waals surface area contributed by atoms with E-state index in [0.29, 0.717) is 16.8 Å². The first-order chi connectivity index (χ1) is 16.7. The van der Waals surface area contributed by atoms with Crippen molar-refractivity contribution in [1.29, 1.82) is 0 Å². The van der Waals surface area contributed by atoms with Crippen molar-refractivity contribution in [3.63, 3.8) is 0 Å². The number of hydrogen-bond acceptors (Lipinski definition) is 7. The fourth-order valence-electron chi connectivity index (χ4n) is 2.86. The van der Waals surface area contributed by atoms with E-state index in [1.807, 2.05) is 24.3 Å². The zero-order valence-corrected chi connectivity index (χ0v) is 19.2. The van der Waals surface area contributed by atoms with Crippen molar-refractivity contribution < 1.29 is 31.9 Å². The van der Waals surface area contributed by atoms with E-state index in [-0.39, 0.29) is 17.2 Å². The van der Waals surface area contributed by atoms with Crippen LogP contribution in [0.3, 0.4) is 0 Å². The summed E-state index contributed by atoms with van der Waals surface area (Å²) < 4.78 is 50.9. The van der Waals surface area contributed by atoms with E-state index >= 15 is 0 Å². The number of H-pyrrole nitrogens is 1. The van der Waals surface area contributed by atoms with Crippen LogP contribution in [-0.4, -0.2) is 32.2 Å². The molecule has 0 fully saturated rings. The zero-order valence-electron chi connectivity index (χ0n) is 19.2. The number of aliphatic carboxylic acids is 1. The summed E-state index contributed by atoms with van der Waals surface area (Å²) in [6, 6.07) is 12.9. The maximum Gasteiger partial charge on any atom is 0.490 e. The van der Waals surface area contributed by atoms with E-state index in [4.69, 9.17) is 14.3 Å². The van der Waals surface area contributed by atoms with Gasteiger partial charge in [-0.25, -0.2) is 19.0 Å². The lowest BCUT2D eigenvalue weighted by atomic mass is 9.87. The number of fused-ring (bicyclic) bond motifs is 1. The van der Waals surface area contributed by atoms with Crippen LogP contribution in [0.5, 0.6) is 0 Å². The quantitative estimate of drug-likeness (QED) is 0.267. The fourth-order valence-corrected chi connectivity index (χ4v) is 2.86. The van der Waals surface area contributed by atoms with E-state index in [1.54, 1.807) is 18.2 Å². The Balaban J connectivity index is 0.000000454. The molecule has 0 bridgehead atoms. The molecule has 0 saturated heterocycles. The largest absolute Gasteiger partial charge is 0.490 e. The third kappa shape index (κ3) is 6.81. The summed E-state index contributed by atoms with van der Waals surface area (Å²) in [7, 11) is 0. The molecule has 2 aromatic carbocycles. The molecule has 0 atom stereocenters. The Labute approximate surface area is 201 Å². The van der Waals surface area contributed by atoms with E-state index in [2.05, 4.69) is 46.4 Å². The molecule has 4 rings (SSSR count). The second kappa shape index (κ2) is 10.1. The third-order valence-electron chi connectivity index (χ3n) is 4.68. The Morgan fingerprint density at radius 2 is 1.64 bits per heavy atom. The Hall–Kier alpha value is -4.42. The number of nitrogens with zero attached hydrogens (tertiary/aromatic N) is 2. The Kier molecular flexibility index (Phi) is 7.32. The summed E-state index contributed by atoms with van der Waals surface area (Å²) in [6.45, 7) is 6.44. The molecule has 4 N–H and O–H groups in total. The van der Waals surface area contributed by atoms with Crippen LogP contribution < -0.4 is 16.4 Å². The number of hydrogen-bond donors (Lipinski definition) is 4. The summed E-state index contributed by atoms with van der Waals surface area (Å²) in [5.74, 6) is -3.63. The summed E-state index contributed by atoms with van der Waals surface area (Å²) in [5.41, 5.74) is 3.54. The molecule has 9 nitrogen and oxygen atoms in total. The summed E-state index contributed by atoms with van der Waals surface area (Å²) in [4.78, 5) is 30.9. The van der Waals surface area contributed by atoms with Gasteiger partial charge in [0.1, 0.15) is 0 Å². The average Bonchev–Trinajstić information content (AvgIpc) is 3.15. The molecule has 0 saturated carbocycles. The summed E-state index contributed by atoms with van der Waals surface area (Å²) in [6.07, 6.45) is -3.99. The number of rotatable bonds is 4. The average molecular weight is 507 g/mol. The zero-order chi connectivity index (χ0) is 26.7. The van der Waals surface area contributed by atoms with Crippen LogP contribution >= 0.6 is 0 Å². The highest BCUT2D eigenvalue weighted by molar-refractivity contribution is 5.78. The fraction of sp³-hybridized carbons (Fsp3) is 0.217. The maximum atomic E-state index is 14.2. The Bertz CT molecular complexity index is 1420. The number of carboxylic acid groups (broad SMARTS) is 1. The van der Waals surface area contributed by atoms with Crippen LogP contribution in [0.4, 0.5) is 40.7 Å². The summed E-state index contributed by atoms with van der Waals surface area (Å²) in [5, 5.41) is 13.1. The van der Waals surface area contributed by atoms with Crippen LogP contribution in [0.1, 0.15) is 26.3 Å². The number of halogens is 4. The molecule has 4 aromatic rings. The number of oxazole rings is 1. The molecule has 0 aliphatic heterocycles. The molecule has 0 unspecified atom stereocenters. The SMILES string of the molecule is CC(C)(C)c1ccc(Nc2ncc(F)c(Nc3ccc4oc(=O)[nH]c4c3)n2)cc1.O=C(O)C(F)(F)F. The summed E-state index contributed by atoms with van der Waals surface area (Å²) >= 11 is 0. The number of alkyl halides is 3. The predicted octanol–water partition coefficient (Wildman–Crippen LogP) is 5.47. The normalized spacial score (nSPS) is 11.5. The van der Waals surface area contributed by atoms with Gasteiger partial charge in [-0.2, -0.15) is 18.2 Å². The van der Waals surface area contributed by atoms with Gasteiger partial charge in [0.2, 0.25) is 5.95 Å². The van der Waals surface area contributed by atoms with Crippen LogP contribution in [0.25, 0.3) is 11.1 Å². The van der Waals surface area contributed by atoms with Gasteiger partial charge < -0.3 is 20.2 Å². The van der Waals surface area contributed by atoms with Gasteiger partial charge in [0.25, 0.3) is 0 Å². The third-order valence-corrected chi connectivity index (χ3v) is 4.68. The molecule has 0 spiro atoms. The van der Waals surface area contributed by atoms with Crippen molar-refractivity contribution in [3.8, 4) is 0 Å². The van der Waals surface area contributed by atoms with Crippen LogP contribution in [0.2, 0.25) is 0 Å². The minimum atomic E-state index is -5.08. The number of aromatic amines is 1. The number of aromatic nitrogens is 3. The van der Waals surface area contributed by atoms with Crippen LogP contribution in [0, 0.1) is 5.82 Å². The Morgan fingerprint density at radius 1 is 1.03 bits per heavy atom. The monoisotopic (exact) mass is 507 g/mol.